The number of nitrogens with two attached hydrogens (primary N) is 1. The second-order valence-corrected chi connectivity index (χ2v) is 5.33. The Labute approximate surface area is 116 Å². The normalized spacial score (nSPS) is 12.5. The number of carboxylic acid groups (broad SMARTS) is 1. The van der Waals surface area contributed by atoms with Crippen molar-refractivity contribution in [1.29, 1.82) is 0 Å². The molecule has 0 saturated heterocycles. The number of carbonyl (C=O) groups is 2. The summed E-state index contributed by atoms with van der Waals surface area (Å²) in [7, 11) is 0. The van der Waals surface area contributed by atoms with Gasteiger partial charge >= 0.3 is 5.97 Å². The molecule has 5 nitrogen and oxygen atoms in total. The van der Waals surface area contributed by atoms with Crippen LogP contribution in [0.25, 0.3) is 0 Å². The molecule has 0 aromatic carbocycles. The monoisotopic (exact) mass is 272 g/mol. The minimum absolute atomic E-state index is 0.0630. The molecule has 3 N–H and O–H groups in total. The minimum atomic E-state index is -0.954. The Kier molecular flexibility index (Phi) is 9.21. The first kappa shape index (κ1) is 17.9. The molecule has 0 aliphatic heterocycles. The second-order valence-electron chi connectivity index (χ2n) is 5.33. The molecule has 0 saturated carbocycles. The van der Waals surface area contributed by atoms with Crippen molar-refractivity contribution < 1.29 is 14.7 Å². The average Bonchev–Trinajstić information content (AvgIpc) is 2.32. The predicted molar refractivity (Wildman–Crippen MR) is 75.7 cm³/mol. The van der Waals surface area contributed by atoms with Crippen molar-refractivity contribution in [2.45, 2.75) is 46.5 Å². The van der Waals surface area contributed by atoms with Crippen LogP contribution in [0.3, 0.4) is 0 Å². The summed E-state index contributed by atoms with van der Waals surface area (Å²) in [6.07, 6.45) is 2.89. The standard InChI is InChI=1S/C14H28N2O3/c1-4-9-16(10-14(18)19)13(17)6-5-12(7-8-15)11(2)3/h11-12H,4-10,15H2,1-3H3,(H,18,19). The molecular formula is C14H28N2O3. The summed E-state index contributed by atoms with van der Waals surface area (Å²) >= 11 is 0. The first-order chi connectivity index (χ1) is 8.92. The SMILES string of the molecule is CCCN(CC(=O)O)C(=O)CCC(CCN)C(C)C. The van der Waals surface area contributed by atoms with Crippen LogP contribution in [0, 0.1) is 11.8 Å². The molecule has 0 aromatic rings. The molecule has 0 bridgehead atoms. The lowest BCUT2D eigenvalue weighted by molar-refractivity contribution is -0.144. The first-order valence-electron chi connectivity index (χ1n) is 7.11. The Hall–Kier alpha value is -1.10. The molecule has 0 aliphatic rings. The van der Waals surface area contributed by atoms with E-state index in [1.807, 2.05) is 6.92 Å². The van der Waals surface area contributed by atoms with E-state index in [0.717, 1.165) is 19.3 Å². The van der Waals surface area contributed by atoms with Gasteiger partial charge in [-0.3, -0.25) is 9.59 Å². The number of aliphatic carboxylic acids is 1. The van der Waals surface area contributed by atoms with Crippen molar-refractivity contribution in [2.75, 3.05) is 19.6 Å². The van der Waals surface area contributed by atoms with Gasteiger partial charge in [-0.2, -0.15) is 0 Å². The molecule has 0 aromatic heterocycles. The zero-order valence-electron chi connectivity index (χ0n) is 12.4. The molecule has 0 radical (unpaired) electrons. The smallest absolute Gasteiger partial charge is 0.323 e. The van der Waals surface area contributed by atoms with E-state index in [-0.39, 0.29) is 12.5 Å². The maximum absolute atomic E-state index is 12.0. The van der Waals surface area contributed by atoms with Crippen molar-refractivity contribution >= 4 is 11.9 Å². The van der Waals surface area contributed by atoms with E-state index < -0.39 is 5.97 Å². The minimum Gasteiger partial charge on any atom is -0.480 e. The van der Waals surface area contributed by atoms with Gasteiger partial charge in [-0.1, -0.05) is 20.8 Å². The van der Waals surface area contributed by atoms with Crippen LogP contribution < -0.4 is 5.73 Å². The third-order valence-corrected chi connectivity index (χ3v) is 3.38. The second kappa shape index (κ2) is 9.78. The molecule has 0 rings (SSSR count). The number of hydrogen-bond acceptors (Lipinski definition) is 3. The maximum atomic E-state index is 12.0. The van der Waals surface area contributed by atoms with Crippen LogP contribution in [0.15, 0.2) is 0 Å². The molecule has 1 atom stereocenters. The van der Waals surface area contributed by atoms with Gasteiger partial charge in [0.1, 0.15) is 6.54 Å². The topological polar surface area (TPSA) is 83.6 Å². The Morgan fingerprint density at radius 2 is 1.89 bits per heavy atom. The van der Waals surface area contributed by atoms with E-state index in [4.69, 9.17) is 10.8 Å². The zero-order valence-corrected chi connectivity index (χ0v) is 12.4. The number of hydrogen-bond donors (Lipinski definition) is 2. The lowest BCUT2D eigenvalue weighted by Gasteiger charge is -2.23. The summed E-state index contributed by atoms with van der Waals surface area (Å²) < 4.78 is 0. The van der Waals surface area contributed by atoms with Crippen LogP contribution in [0.5, 0.6) is 0 Å². The fraction of sp³-hybridized carbons (Fsp3) is 0.857. The zero-order chi connectivity index (χ0) is 14.8. The largest absolute Gasteiger partial charge is 0.480 e. The molecule has 1 amide bonds. The Morgan fingerprint density at radius 3 is 2.32 bits per heavy atom. The fourth-order valence-corrected chi connectivity index (χ4v) is 2.22. The van der Waals surface area contributed by atoms with E-state index >= 15 is 0 Å². The number of carbonyl (C=O) groups excluding carboxylic acids is 1. The summed E-state index contributed by atoms with van der Waals surface area (Å²) in [5, 5.41) is 8.80. The highest BCUT2D eigenvalue weighted by molar-refractivity contribution is 5.81. The average molecular weight is 272 g/mol. The molecule has 0 spiro atoms. The van der Waals surface area contributed by atoms with Crippen LogP contribution in [0.4, 0.5) is 0 Å². The number of carboxylic acids is 1. The van der Waals surface area contributed by atoms with E-state index in [1.54, 1.807) is 0 Å². The highest BCUT2D eigenvalue weighted by atomic mass is 16.4. The number of nitrogens with zero attached hydrogens (tertiary/aromatic N) is 1. The van der Waals surface area contributed by atoms with Crippen molar-refractivity contribution in [1.82, 2.24) is 4.90 Å². The highest BCUT2D eigenvalue weighted by Crippen LogP contribution is 2.20. The first-order valence-corrected chi connectivity index (χ1v) is 7.11. The Balaban J connectivity index is 4.33. The summed E-state index contributed by atoms with van der Waals surface area (Å²) in [4.78, 5) is 24.2. The Bertz CT molecular complexity index is 280. The molecule has 1 unspecified atom stereocenters. The van der Waals surface area contributed by atoms with Gasteiger partial charge < -0.3 is 15.7 Å². The summed E-state index contributed by atoms with van der Waals surface area (Å²) in [5.41, 5.74) is 5.57. The van der Waals surface area contributed by atoms with E-state index in [2.05, 4.69) is 13.8 Å². The van der Waals surface area contributed by atoms with Crippen molar-refractivity contribution in [3.8, 4) is 0 Å². The van der Waals surface area contributed by atoms with Crippen LogP contribution in [-0.2, 0) is 9.59 Å². The molecule has 0 aliphatic carbocycles. The van der Waals surface area contributed by atoms with Crippen LogP contribution in [0.2, 0.25) is 0 Å². The molecule has 0 heterocycles. The molecule has 19 heavy (non-hydrogen) atoms. The lowest BCUT2D eigenvalue weighted by Crippen LogP contribution is -2.36. The van der Waals surface area contributed by atoms with E-state index in [9.17, 15) is 9.59 Å². The molecule has 0 fully saturated rings. The Morgan fingerprint density at radius 1 is 1.26 bits per heavy atom. The van der Waals surface area contributed by atoms with Gasteiger partial charge in [-0.05, 0) is 37.6 Å². The van der Waals surface area contributed by atoms with Gasteiger partial charge in [0.15, 0.2) is 0 Å². The van der Waals surface area contributed by atoms with Gasteiger partial charge in [0.25, 0.3) is 0 Å². The third-order valence-electron chi connectivity index (χ3n) is 3.38. The predicted octanol–water partition coefficient (Wildman–Crippen LogP) is 1.71. The molecular weight excluding hydrogens is 244 g/mol. The van der Waals surface area contributed by atoms with Crippen LogP contribution in [-0.4, -0.2) is 41.5 Å². The van der Waals surface area contributed by atoms with E-state index in [0.29, 0.717) is 31.3 Å². The quantitative estimate of drug-likeness (QED) is 0.634. The van der Waals surface area contributed by atoms with Crippen LogP contribution in [0.1, 0.15) is 46.5 Å². The van der Waals surface area contributed by atoms with Gasteiger partial charge in [0, 0.05) is 13.0 Å². The van der Waals surface area contributed by atoms with Crippen molar-refractivity contribution in [3.63, 3.8) is 0 Å². The number of amides is 1. The summed E-state index contributed by atoms with van der Waals surface area (Å²) in [5.74, 6) is -0.0891. The molecule has 112 valence electrons. The van der Waals surface area contributed by atoms with Gasteiger partial charge in [0.2, 0.25) is 5.91 Å². The third kappa shape index (κ3) is 7.82. The van der Waals surface area contributed by atoms with Crippen molar-refractivity contribution in [3.05, 3.63) is 0 Å². The van der Waals surface area contributed by atoms with E-state index in [1.165, 1.54) is 4.90 Å². The van der Waals surface area contributed by atoms with Gasteiger partial charge in [-0.15, -0.1) is 0 Å². The summed E-state index contributed by atoms with van der Waals surface area (Å²) in [6, 6.07) is 0. The maximum Gasteiger partial charge on any atom is 0.323 e. The fourth-order valence-electron chi connectivity index (χ4n) is 2.22. The van der Waals surface area contributed by atoms with Crippen molar-refractivity contribution in [2.24, 2.45) is 17.6 Å². The highest BCUT2D eigenvalue weighted by Gasteiger charge is 2.19. The van der Waals surface area contributed by atoms with Gasteiger partial charge in [0.05, 0.1) is 0 Å². The number of rotatable bonds is 10. The van der Waals surface area contributed by atoms with Gasteiger partial charge in [-0.25, -0.2) is 0 Å². The van der Waals surface area contributed by atoms with Crippen LogP contribution >= 0.6 is 0 Å². The lowest BCUT2D eigenvalue weighted by atomic mass is 9.88. The molecule has 5 heteroatoms. The summed E-state index contributed by atoms with van der Waals surface area (Å²) in [6.45, 7) is 7.14.